The molecule has 2 aromatic rings. The largest absolute Gasteiger partial charge is 0.507 e. The lowest BCUT2D eigenvalue weighted by Gasteiger charge is -2.27. The summed E-state index contributed by atoms with van der Waals surface area (Å²) in [5, 5.41) is 11.6. The van der Waals surface area contributed by atoms with E-state index in [0.717, 1.165) is 5.56 Å². The minimum Gasteiger partial charge on any atom is -0.507 e. The van der Waals surface area contributed by atoms with Gasteiger partial charge in [0.1, 0.15) is 11.5 Å². The second kappa shape index (κ2) is 10.6. The van der Waals surface area contributed by atoms with Crippen LogP contribution in [0.1, 0.15) is 43.5 Å². The van der Waals surface area contributed by atoms with Crippen molar-refractivity contribution in [2.75, 3.05) is 48.5 Å². The maximum Gasteiger partial charge on any atom is 0.295 e. The molecule has 1 aliphatic heterocycles. The number of ketones is 1. The predicted octanol–water partition coefficient (Wildman–Crippen LogP) is 3.99. The molecule has 0 saturated carbocycles. The number of nitrogens with zero attached hydrogens (tertiary/aromatic N) is 2. The number of carbonyl (C=O) groups is 2. The molecule has 3 rings (SSSR count). The molecular formula is C28H36N2O6. The Hall–Kier alpha value is -3.52. The average Bonchev–Trinajstić information content (AvgIpc) is 3.10. The highest BCUT2D eigenvalue weighted by Crippen LogP contribution is 2.43. The Labute approximate surface area is 213 Å². The molecule has 0 aliphatic carbocycles. The minimum absolute atomic E-state index is 0.00957. The highest BCUT2D eigenvalue weighted by atomic mass is 16.5. The summed E-state index contributed by atoms with van der Waals surface area (Å²) in [6, 6.07) is 9.92. The number of rotatable bonds is 8. The van der Waals surface area contributed by atoms with Crippen LogP contribution in [0.2, 0.25) is 0 Å². The second-order valence-electron chi connectivity index (χ2n) is 10.1. The van der Waals surface area contributed by atoms with Crippen LogP contribution >= 0.6 is 0 Å². The third-order valence-electron chi connectivity index (χ3n) is 6.37. The third kappa shape index (κ3) is 5.18. The number of benzene rings is 2. The molecule has 36 heavy (non-hydrogen) atoms. The lowest BCUT2D eigenvalue weighted by Crippen LogP contribution is -2.35. The van der Waals surface area contributed by atoms with E-state index < -0.39 is 17.7 Å². The van der Waals surface area contributed by atoms with Crippen LogP contribution in [0.4, 0.5) is 0 Å². The van der Waals surface area contributed by atoms with Crippen molar-refractivity contribution in [1.29, 1.82) is 0 Å². The van der Waals surface area contributed by atoms with Crippen LogP contribution in [-0.4, -0.2) is 75.1 Å². The molecule has 0 radical (unpaired) electrons. The van der Waals surface area contributed by atoms with Gasteiger partial charge in [-0.3, -0.25) is 9.59 Å². The van der Waals surface area contributed by atoms with E-state index in [1.165, 1.54) is 26.2 Å². The maximum absolute atomic E-state index is 13.4. The van der Waals surface area contributed by atoms with Crippen molar-refractivity contribution in [3.8, 4) is 17.2 Å². The van der Waals surface area contributed by atoms with Gasteiger partial charge in [-0.15, -0.1) is 0 Å². The fourth-order valence-corrected chi connectivity index (χ4v) is 4.29. The number of Topliss-reactive ketones (excluding diaryl/α,β-unsaturated/α-hetero) is 1. The fraction of sp³-hybridized carbons (Fsp3) is 0.429. The molecule has 0 spiro atoms. The SMILES string of the molecule is COc1ccc(C2/C(=C(\O)c3cc(C(C)(C)C)ccc3OC)C(=O)C(=O)N2CCN(C)C)cc1OC. The highest BCUT2D eigenvalue weighted by molar-refractivity contribution is 6.46. The molecule has 0 bridgehead atoms. The Morgan fingerprint density at radius 2 is 1.56 bits per heavy atom. The van der Waals surface area contributed by atoms with E-state index in [0.29, 0.717) is 41.5 Å². The number of likely N-dealkylation sites (N-methyl/N-ethyl adjacent to an activating group) is 1. The predicted molar refractivity (Wildman–Crippen MR) is 139 cm³/mol. The van der Waals surface area contributed by atoms with Crippen molar-refractivity contribution in [1.82, 2.24) is 9.80 Å². The Morgan fingerprint density at radius 1 is 0.944 bits per heavy atom. The number of carbonyl (C=O) groups excluding carboxylic acids is 2. The van der Waals surface area contributed by atoms with Gasteiger partial charge in [-0.2, -0.15) is 0 Å². The lowest BCUT2D eigenvalue weighted by molar-refractivity contribution is -0.140. The van der Waals surface area contributed by atoms with Crippen LogP contribution in [0.5, 0.6) is 17.2 Å². The summed E-state index contributed by atoms with van der Waals surface area (Å²) in [5.74, 6) is -0.292. The minimum atomic E-state index is -0.812. The standard InChI is InChI=1S/C28H36N2O6/c1-28(2,3)18-10-12-20(34-6)19(16-18)25(31)23-24(17-9-11-21(35-7)22(15-17)36-8)30(14-13-29(4)5)27(33)26(23)32/h9-12,15-16,24,31H,13-14H2,1-8H3/b25-23+. The van der Waals surface area contributed by atoms with Gasteiger partial charge in [0.05, 0.1) is 38.5 Å². The van der Waals surface area contributed by atoms with Gasteiger partial charge in [-0.1, -0.05) is 32.9 Å². The zero-order chi connectivity index (χ0) is 26.8. The first-order valence-electron chi connectivity index (χ1n) is 11.8. The number of hydrogen-bond donors (Lipinski definition) is 1. The monoisotopic (exact) mass is 496 g/mol. The van der Waals surface area contributed by atoms with E-state index >= 15 is 0 Å². The van der Waals surface area contributed by atoms with E-state index in [9.17, 15) is 14.7 Å². The number of likely N-dealkylation sites (tertiary alicyclic amines) is 1. The number of methoxy groups -OCH3 is 3. The average molecular weight is 497 g/mol. The van der Waals surface area contributed by atoms with Crippen LogP contribution < -0.4 is 14.2 Å². The van der Waals surface area contributed by atoms with Gasteiger partial charge in [0.25, 0.3) is 11.7 Å². The fourth-order valence-electron chi connectivity index (χ4n) is 4.29. The zero-order valence-corrected chi connectivity index (χ0v) is 22.3. The summed E-state index contributed by atoms with van der Waals surface area (Å²) in [6.45, 7) is 7.01. The molecule has 194 valence electrons. The number of ether oxygens (including phenoxy) is 3. The van der Waals surface area contributed by atoms with Crippen molar-refractivity contribution in [2.45, 2.75) is 32.2 Å². The van der Waals surface area contributed by atoms with E-state index in [-0.39, 0.29) is 16.7 Å². The third-order valence-corrected chi connectivity index (χ3v) is 6.37. The smallest absolute Gasteiger partial charge is 0.295 e. The summed E-state index contributed by atoms with van der Waals surface area (Å²) in [5.41, 5.74) is 1.74. The molecule has 1 amide bonds. The Kier molecular flexibility index (Phi) is 7.99. The van der Waals surface area contributed by atoms with Crippen molar-refractivity contribution < 1.29 is 28.9 Å². The highest BCUT2D eigenvalue weighted by Gasteiger charge is 2.46. The molecule has 1 atom stereocenters. The van der Waals surface area contributed by atoms with Crippen molar-refractivity contribution in [2.24, 2.45) is 0 Å². The van der Waals surface area contributed by atoms with Crippen LogP contribution in [0.25, 0.3) is 5.76 Å². The lowest BCUT2D eigenvalue weighted by atomic mass is 9.85. The van der Waals surface area contributed by atoms with E-state index in [4.69, 9.17) is 14.2 Å². The molecular weight excluding hydrogens is 460 g/mol. The van der Waals surface area contributed by atoms with Crippen LogP contribution in [0.3, 0.4) is 0 Å². The van der Waals surface area contributed by atoms with E-state index in [2.05, 4.69) is 20.8 Å². The van der Waals surface area contributed by atoms with Crippen LogP contribution in [0.15, 0.2) is 42.0 Å². The molecule has 1 fully saturated rings. The number of aliphatic hydroxyl groups excluding tert-OH is 1. The molecule has 2 aromatic carbocycles. The molecule has 1 saturated heterocycles. The quantitative estimate of drug-likeness (QED) is 0.336. The van der Waals surface area contributed by atoms with Gasteiger partial charge in [-0.25, -0.2) is 0 Å². The first kappa shape index (κ1) is 27.1. The van der Waals surface area contributed by atoms with Gasteiger partial charge in [0, 0.05) is 13.1 Å². The molecule has 1 aliphatic rings. The van der Waals surface area contributed by atoms with Gasteiger partial charge >= 0.3 is 0 Å². The zero-order valence-electron chi connectivity index (χ0n) is 22.3. The summed E-state index contributed by atoms with van der Waals surface area (Å²) in [4.78, 5) is 30.1. The molecule has 1 N–H and O–H groups in total. The Bertz CT molecular complexity index is 1180. The van der Waals surface area contributed by atoms with Crippen LogP contribution in [0, 0.1) is 0 Å². The van der Waals surface area contributed by atoms with Gasteiger partial charge in [0.2, 0.25) is 0 Å². The van der Waals surface area contributed by atoms with Crippen molar-refractivity contribution in [3.05, 3.63) is 58.7 Å². The topological polar surface area (TPSA) is 88.5 Å². The number of hydrogen-bond acceptors (Lipinski definition) is 7. The maximum atomic E-state index is 13.4. The van der Waals surface area contributed by atoms with Gasteiger partial charge < -0.3 is 29.1 Å². The summed E-state index contributed by atoms with van der Waals surface area (Å²) < 4.78 is 16.4. The van der Waals surface area contributed by atoms with E-state index in [1.807, 2.05) is 31.1 Å². The molecule has 8 heteroatoms. The van der Waals surface area contributed by atoms with Gasteiger partial charge in [-0.05, 0) is 54.9 Å². The summed E-state index contributed by atoms with van der Waals surface area (Å²) >= 11 is 0. The van der Waals surface area contributed by atoms with Crippen molar-refractivity contribution in [3.63, 3.8) is 0 Å². The first-order valence-corrected chi connectivity index (χ1v) is 11.8. The number of amides is 1. The van der Waals surface area contributed by atoms with Crippen molar-refractivity contribution >= 4 is 17.4 Å². The number of aliphatic hydroxyl groups is 1. The second-order valence-corrected chi connectivity index (χ2v) is 10.1. The first-order chi connectivity index (χ1) is 16.9. The van der Waals surface area contributed by atoms with Crippen LogP contribution in [-0.2, 0) is 15.0 Å². The summed E-state index contributed by atoms with van der Waals surface area (Å²) in [6.07, 6.45) is 0. The Morgan fingerprint density at radius 3 is 2.11 bits per heavy atom. The normalized spacial score (nSPS) is 17.6. The molecule has 0 aromatic heterocycles. The van der Waals surface area contributed by atoms with Gasteiger partial charge in [0.15, 0.2) is 11.5 Å². The Balaban J connectivity index is 2.28. The summed E-state index contributed by atoms with van der Waals surface area (Å²) in [7, 11) is 8.35. The molecule has 1 unspecified atom stereocenters. The van der Waals surface area contributed by atoms with E-state index in [1.54, 1.807) is 24.3 Å². The molecule has 1 heterocycles. The molecule has 8 nitrogen and oxygen atoms in total.